The van der Waals surface area contributed by atoms with Gasteiger partial charge in [-0.15, -0.1) is 0 Å². The Morgan fingerprint density at radius 1 is 1.15 bits per heavy atom. The van der Waals surface area contributed by atoms with Crippen LogP contribution in [0.15, 0.2) is 52.5 Å². The van der Waals surface area contributed by atoms with Crippen molar-refractivity contribution >= 4 is 22.9 Å². The molecule has 1 N–H and O–H groups in total. The zero-order valence-corrected chi connectivity index (χ0v) is 16.7. The van der Waals surface area contributed by atoms with E-state index in [9.17, 15) is 4.79 Å². The molecule has 0 aromatic heterocycles. The molecule has 0 atom stereocenters. The van der Waals surface area contributed by atoms with Gasteiger partial charge in [0.2, 0.25) is 0 Å². The van der Waals surface area contributed by atoms with Crippen molar-refractivity contribution in [2.75, 3.05) is 21.3 Å². The monoisotopic (exact) mass is 373 g/mol. The van der Waals surface area contributed by atoms with E-state index in [4.69, 9.17) is 14.4 Å². The van der Waals surface area contributed by atoms with Crippen LogP contribution in [-0.4, -0.2) is 38.6 Å². The first-order valence-electron chi connectivity index (χ1n) is 8.40. The molecule has 0 saturated heterocycles. The third kappa shape index (κ3) is 6.97. The van der Waals surface area contributed by atoms with Crippen molar-refractivity contribution < 1.29 is 19.2 Å². The number of nitrogens with one attached hydrogen (secondary N) is 1. The lowest BCUT2D eigenvalue weighted by Gasteiger charge is -2.11. The number of hydrogen-bond acceptors (Lipinski definition) is 6. The van der Waals surface area contributed by atoms with E-state index < -0.39 is 0 Å². The average Bonchev–Trinajstić information content (AvgIpc) is 2.65. The highest BCUT2D eigenvalue weighted by Gasteiger charge is 2.15. The fourth-order valence-electron chi connectivity index (χ4n) is 2.21. The Balaban J connectivity index is 3.04. The summed E-state index contributed by atoms with van der Waals surface area (Å²) in [6.07, 6.45) is 3.26. The van der Waals surface area contributed by atoms with Gasteiger partial charge in [-0.2, -0.15) is 0 Å². The van der Waals surface area contributed by atoms with Crippen molar-refractivity contribution in [3.8, 4) is 0 Å². The van der Waals surface area contributed by atoms with Gasteiger partial charge < -0.3 is 19.7 Å². The van der Waals surface area contributed by atoms with Gasteiger partial charge in [-0.1, -0.05) is 40.1 Å². The van der Waals surface area contributed by atoms with E-state index in [1.807, 2.05) is 44.2 Å². The summed E-state index contributed by atoms with van der Waals surface area (Å²) in [4.78, 5) is 22.5. The summed E-state index contributed by atoms with van der Waals surface area (Å²) in [7, 11) is 4.54. The van der Waals surface area contributed by atoms with Gasteiger partial charge in [0, 0.05) is 12.6 Å². The second kappa shape index (κ2) is 11.5. The van der Waals surface area contributed by atoms with Crippen LogP contribution < -0.4 is 5.32 Å². The number of nitrogens with zero attached hydrogens (tertiary/aromatic N) is 2. The van der Waals surface area contributed by atoms with Gasteiger partial charge >= 0.3 is 0 Å². The van der Waals surface area contributed by atoms with Crippen LogP contribution in [0.25, 0.3) is 5.57 Å². The molecule has 1 aromatic rings. The van der Waals surface area contributed by atoms with E-state index in [1.54, 1.807) is 14.0 Å². The van der Waals surface area contributed by atoms with Crippen molar-refractivity contribution in [2.45, 2.75) is 27.4 Å². The number of ether oxygens (including phenoxy) is 1. The fourth-order valence-corrected chi connectivity index (χ4v) is 2.21. The summed E-state index contributed by atoms with van der Waals surface area (Å²) in [6, 6.07) is 7.41. The summed E-state index contributed by atoms with van der Waals surface area (Å²) < 4.78 is 5.05. The van der Waals surface area contributed by atoms with Crippen LogP contribution in [0.5, 0.6) is 0 Å². The number of allylic oxidation sites excluding steroid dienone is 2. The normalized spacial score (nSPS) is 12.3. The molecular formula is C20H27N3O4. The van der Waals surface area contributed by atoms with Crippen molar-refractivity contribution in [3.05, 3.63) is 53.3 Å². The predicted octanol–water partition coefficient (Wildman–Crippen LogP) is 3.28. The Bertz CT molecular complexity index is 760. The molecule has 0 bridgehead atoms. The van der Waals surface area contributed by atoms with Crippen LogP contribution in [-0.2, 0) is 25.8 Å². The fraction of sp³-hybridized carbons (Fsp3) is 0.350. The van der Waals surface area contributed by atoms with Gasteiger partial charge in [-0.05, 0) is 32.4 Å². The third-order valence-electron chi connectivity index (χ3n) is 3.42. The topological polar surface area (TPSA) is 81.5 Å². The average molecular weight is 373 g/mol. The summed E-state index contributed by atoms with van der Waals surface area (Å²) in [5.74, 6) is -0.248. The van der Waals surface area contributed by atoms with Crippen molar-refractivity contribution in [3.63, 3.8) is 0 Å². The number of amides is 1. The minimum absolute atomic E-state index is 0.181. The van der Waals surface area contributed by atoms with Gasteiger partial charge in [0.1, 0.15) is 25.1 Å². The standard InChI is InChI=1S/C20H27N3O4/c1-14(2)11-19(23-26-6)15(3)22-27-12-16-9-7-8-10-17(16)18(13-25-5)20(24)21-4/h7-11,13H,12H2,1-6H3,(H,21,24)/b18-13+,22-15+,23-19+. The minimum atomic E-state index is -0.248. The highest BCUT2D eigenvalue weighted by atomic mass is 16.6. The molecule has 0 aliphatic rings. The molecule has 1 aromatic carbocycles. The maximum absolute atomic E-state index is 12.1. The molecule has 146 valence electrons. The van der Waals surface area contributed by atoms with Gasteiger partial charge in [-0.3, -0.25) is 4.79 Å². The molecule has 1 amide bonds. The number of rotatable bonds is 9. The maximum atomic E-state index is 12.1. The minimum Gasteiger partial charge on any atom is -0.504 e. The number of methoxy groups -OCH3 is 1. The predicted molar refractivity (Wildman–Crippen MR) is 107 cm³/mol. The second-order valence-corrected chi connectivity index (χ2v) is 5.83. The van der Waals surface area contributed by atoms with Gasteiger partial charge in [0.25, 0.3) is 5.91 Å². The van der Waals surface area contributed by atoms with E-state index in [-0.39, 0.29) is 12.5 Å². The smallest absolute Gasteiger partial charge is 0.254 e. The lowest BCUT2D eigenvalue weighted by atomic mass is 10.0. The SMILES string of the molecule is CNC(=O)/C(=C/OC)c1ccccc1CO/N=C(C)/C(C=C(C)C)=N/OC. The molecule has 0 radical (unpaired) electrons. The molecule has 0 saturated carbocycles. The summed E-state index contributed by atoms with van der Waals surface area (Å²) in [6.45, 7) is 5.88. The van der Waals surface area contributed by atoms with E-state index in [1.165, 1.54) is 20.5 Å². The number of benzene rings is 1. The lowest BCUT2D eigenvalue weighted by Crippen LogP contribution is -2.20. The highest BCUT2D eigenvalue weighted by molar-refractivity contribution is 6.45. The van der Waals surface area contributed by atoms with Crippen molar-refractivity contribution in [1.29, 1.82) is 0 Å². The molecule has 27 heavy (non-hydrogen) atoms. The Morgan fingerprint density at radius 3 is 2.44 bits per heavy atom. The molecule has 0 spiro atoms. The van der Waals surface area contributed by atoms with Gasteiger partial charge in [0.15, 0.2) is 0 Å². The number of carbonyl (C=O) groups excluding carboxylic acids is 1. The van der Waals surface area contributed by atoms with Crippen LogP contribution in [0, 0.1) is 0 Å². The largest absolute Gasteiger partial charge is 0.504 e. The van der Waals surface area contributed by atoms with E-state index in [0.29, 0.717) is 22.6 Å². The molecule has 0 fully saturated rings. The zero-order chi connectivity index (χ0) is 20.2. The van der Waals surface area contributed by atoms with Gasteiger partial charge in [-0.25, -0.2) is 0 Å². The van der Waals surface area contributed by atoms with Crippen molar-refractivity contribution in [1.82, 2.24) is 5.32 Å². The molecular weight excluding hydrogens is 346 g/mol. The number of carbonyl (C=O) groups is 1. The lowest BCUT2D eigenvalue weighted by molar-refractivity contribution is -0.115. The summed E-state index contributed by atoms with van der Waals surface area (Å²) in [5, 5.41) is 10.7. The first-order chi connectivity index (χ1) is 12.9. The van der Waals surface area contributed by atoms with Crippen LogP contribution in [0.1, 0.15) is 31.9 Å². The number of oxime groups is 2. The summed E-state index contributed by atoms with van der Waals surface area (Å²) in [5.41, 5.74) is 4.14. The van der Waals surface area contributed by atoms with Crippen LogP contribution in [0.3, 0.4) is 0 Å². The zero-order valence-electron chi connectivity index (χ0n) is 16.7. The quantitative estimate of drug-likeness (QED) is 0.312. The van der Waals surface area contributed by atoms with Crippen LogP contribution in [0.2, 0.25) is 0 Å². The van der Waals surface area contributed by atoms with Crippen molar-refractivity contribution in [2.24, 2.45) is 10.3 Å². The second-order valence-electron chi connectivity index (χ2n) is 5.83. The Morgan fingerprint density at radius 2 is 1.85 bits per heavy atom. The summed E-state index contributed by atoms with van der Waals surface area (Å²) >= 11 is 0. The Hall–Kier alpha value is -3.09. The van der Waals surface area contributed by atoms with Crippen LogP contribution in [0.4, 0.5) is 0 Å². The first-order valence-corrected chi connectivity index (χ1v) is 8.40. The molecule has 0 heterocycles. The van der Waals surface area contributed by atoms with Crippen LogP contribution >= 0.6 is 0 Å². The Kier molecular flexibility index (Phi) is 9.36. The van der Waals surface area contributed by atoms with Gasteiger partial charge in [0.05, 0.1) is 18.9 Å². The molecule has 1 rings (SSSR count). The van der Waals surface area contributed by atoms with E-state index >= 15 is 0 Å². The number of hydrogen-bond donors (Lipinski definition) is 1. The third-order valence-corrected chi connectivity index (χ3v) is 3.42. The molecule has 0 aliphatic heterocycles. The van der Waals surface area contributed by atoms with E-state index in [0.717, 1.165) is 11.1 Å². The number of likely N-dealkylation sites (N-methyl/N-ethyl adjacent to an activating group) is 1. The molecule has 0 aliphatic carbocycles. The molecule has 0 unspecified atom stereocenters. The molecule has 7 nitrogen and oxygen atoms in total. The van der Waals surface area contributed by atoms with E-state index in [2.05, 4.69) is 15.6 Å². The Labute approximate surface area is 160 Å². The molecule has 7 heteroatoms. The highest BCUT2D eigenvalue weighted by Crippen LogP contribution is 2.20. The maximum Gasteiger partial charge on any atom is 0.254 e. The first kappa shape index (κ1) is 22.0.